The van der Waals surface area contributed by atoms with Gasteiger partial charge in [0.15, 0.2) is 0 Å². The number of amides is 2. The predicted octanol–water partition coefficient (Wildman–Crippen LogP) is 2.66. The van der Waals surface area contributed by atoms with Gasteiger partial charge in [0.2, 0.25) is 11.8 Å². The van der Waals surface area contributed by atoms with Gasteiger partial charge in [-0.2, -0.15) is 0 Å². The van der Waals surface area contributed by atoms with Crippen molar-refractivity contribution in [3.8, 4) is 0 Å². The lowest BCUT2D eigenvalue weighted by Gasteiger charge is -2.47. The number of nitrogens with zero attached hydrogens (tertiary/aromatic N) is 3. The summed E-state index contributed by atoms with van der Waals surface area (Å²) >= 11 is 0. The SMILES string of the molecule is COC1CCC(C(=O)N2[C@H](C)CN(C(=O)C3CCC(N(C)C)CC3F)C[C@H]2C)C(F)C1. The first-order chi connectivity index (χ1) is 14.6. The summed E-state index contributed by atoms with van der Waals surface area (Å²) in [5, 5.41) is 0. The number of ether oxygens (including phenoxy) is 1. The number of hydrogen-bond donors (Lipinski definition) is 0. The highest BCUT2D eigenvalue weighted by Crippen LogP contribution is 2.34. The molecule has 8 atom stereocenters. The Bertz CT molecular complexity index is 638. The molecule has 8 heteroatoms. The standard InChI is InChI=1S/C23H39F2N3O3/c1-14-12-27(22(29)18-8-6-16(26(3)4)10-20(18)24)13-15(2)28(14)23(30)19-9-7-17(31-5)11-21(19)25/h14-21H,6-13H2,1-5H3/t14-,15-,16?,17?,18?,19?,20?,21?/m1/s1. The van der Waals surface area contributed by atoms with E-state index in [9.17, 15) is 18.4 Å². The van der Waals surface area contributed by atoms with Crippen LogP contribution >= 0.6 is 0 Å². The second-order valence-electron chi connectivity index (χ2n) is 10.0. The van der Waals surface area contributed by atoms with Gasteiger partial charge in [-0.15, -0.1) is 0 Å². The van der Waals surface area contributed by atoms with Crippen molar-refractivity contribution in [2.24, 2.45) is 11.8 Å². The molecule has 0 N–H and O–H groups in total. The van der Waals surface area contributed by atoms with Crippen molar-refractivity contribution in [3.63, 3.8) is 0 Å². The van der Waals surface area contributed by atoms with Crippen molar-refractivity contribution in [1.82, 2.24) is 14.7 Å². The number of methoxy groups -OCH3 is 1. The number of carbonyl (C=O) groups is 2. The van der Waals surface area contributed by atoms with E-state index in [2.05, 4.69) is 0 Å². The molecule has 1 heterocycles. The smallest absolute Gasteiger partial charge is 0.229 e. The molecule has 0 aromatic rings. The van der Waals surface area contributed by atoms with E-state index < -0.39 is 24.2 Å². The fourth-order valence-electron chi connectivity index (χ4n) is 5.78. The third kappa shape index (κ3) is 5.21. The maximum Gasteiger partial charge on any atom is 0.229 e. The maximum absolute atomic E-state index is 14.8. The number of rotatable bonds is 4. The second kappa shape index (κ2) is 10.1. The fraction of sp³-hybridized carbons (Fsp3) is 0.913. The van der Waals surface area contributed by atoms with Gasteiger partial charge in [-0.05, 0) is 60.0 Å². The van der Waals surface area contributed by atoms with Gasteiger partial charge in [-0.3, -0.25) is 9.59 Å². The summed E-state index contributed by atoms with van der Waals surface area (Å²) in [4.78, 5) is 31.8. The number of halogens is 2. The van der Waals surface area contributed by atoms with E-state index in [-0.39, 0.29) is 42.5 Å². The summed E-state index contributed by atoms with van der Waals surface area (Å²) in [5.74, 6) is -1.55. The highest BCUT2D eigenvalue weighted by molar-refractivity contribution is 5.82. The fourth-order valence-corrected chi connectivity index (χ4v) is 5.78. The van der Waals surface area contributed by atoms with E-state index in [4.69, 9.17) is 4.74 Å². The van der Waals surface area contributed by atoms with Gasteiger partial charge in [-0.25, -0.2) is 8.78 Å². The van der Waals surface area contributed by atoms with Gasteiger partial charge in [0.05, 0.1) is 17.9 Å². The molecule has 3 aliphatic rings. The van der Waals surface area contributed by atoms with Crippen LogP contribution in [0.3, 0.4) is 0 Å². The van der Waals surface area contributed by atoms with Gasteiger partial charge in [0, 0.05) is 44.7 Å². The third-order valence-corrected chi connectivity index (χ3v) is 7.65. The van der Waals surface area contributed by atoms with Crippen molar-refractivity contribution in [2.75, 3.05) is 34.3 Å². The Kier molecular flexibility index (Phi) is 7.95. The van der Waals surface area contributed by atoms with Crippen molar-refractivity contribution in [2.45, 2.75) is 88.9 Å². The van der Waals surface area contributed by atoms with Crippen LogP contribution in [0.4, 0.5) is 8.78 Å². The molecule has 6 unspecified atom stereocenters. The van der Waals surface area contributed by atoms with E-state index in [1.165, 1.54) is 0 Å². The normalized spacial score (nSPS) is 39.6. The minimum Gasteiger partial charge on any atom is -0.381 e. The first-order valence-electron chi connectivity index (χ1n) is 11.7. The Labute approximate surface area is 185 Å². The third-order valence-electron chi connectivity index (χ3n) is 7.65. The summed E-state index contributed by atoms with van der Waals surface area (Å²) in [6, 6.07) is -0.263. The topological polar surface area (TPSA) is 53.1 Å². The van der Waals surface area contributed by atoms with Crippen molar-refractivity contribution >= 4 is 11.8 Å². The van der Waals surface area contributed by atoms with Crippen LogP contribution in [0.5, 0.6) is 0 Å². The van der Waals surface area contributed by atoms with Crippen LogP contribution in [0.1, 0.15) is 52.4 Å². The summed E-state index contributed by atoms with van der Waals surface area (Å²) in [7, 11) is 5.47. The van der Waals surface area contributed by atoms with Crippen LogP contribution in [0.15, 0.2) is 0 Å². The molecule has 1 saturated heterocycles. The molecule has 2 saturated carbocycles. The summed E-state index contributed by atoms with van der Waals surface area (Å²) in [6.45, 7) is 4.55. The van der Waals surface area contributed by atoms with Gasteiger partial charge >= 0.3 is 0 Å². The van der Waals surface area contributed by atoms with Crippen LogP contribution in [-0.4, -0.2) is 97.4 Å². The molecule has 31 heavy (non-hydrogen) atoms. The molecule has 0 spiro atoms. The molecular weight excluding hydrogens is 404 g/mol. The Balaban J connectivity index is 1.61. The number of alkyl halides is 2. The van der Waals surface area contributed by atoms with Crippen molar-refractivity contribution < 1.29 is 23.1 Å². The molecule has 1 aliphatic heterocycles. The lowest BCUT2D eigenvalue weighted by Crippen LogP contribution is -2.62. The Morgan fingerprint density at radius 3 is 1.94 bits per heavy atom. The molecule has 0 aromatic carbocycles. The van der Waals surface area contributed by atoms with Crippen LogP contribution in [0.25, 0.3) is 0 Å². The zero-order valence-corrected chi connectivity index (χ0v) is 19.6. The summed E-state index contributed by atoms with van der Waals surface area (Å²) < 4.78 is 34.8. The lowest BCUT2D eigenvalue weighted by atomic mass is 9.82. The van der Waals surface area contributed by atoms with Crippen LogP contribution < -0.4 is 0 Å². The van der Waals surface area contributed by atoms with Gasteiger partial charge in [0.25, 0.3) is 0 Å². The average Bonchev–Trinajstić information content (AvgIpc) is 2.72. The maximum atomic E-state index is 14.8. The van der Waals surface area contributed by atoms with Crippen LogP contribution in [0, 0.1) is 11.8 Å². The zero-order valence-electron chi connectivity index (χ0n) is 19.6. The van der Waals surface area contributed by atoms with E-state index in [0.29, 0.717) is 38.8 Å². The summed E-state index contributed by atoms with van der Waals surface area (Å²) in [5.41, 5.74) is 0. The average molecular weight is 444 g/mol. The van der Waals surface area contributed by atoms with Crippen molar-refractivity contribution in [1.29, 1.82) is 0 Å². The monoisotopic (exact) mass is 443 g/mol. The van der Waals surface area contributed by atoms with Gasteiger partial charge < -0.3 is 19.4 Å². The Hall–Kier alpha value is -1.28. The highest BCUT2D eigenvalue weighted by Gasteiger charge is 2.44. The molecule has 0 radical (unpaired) electrons. The quantitative estimate of drug-likeness (QED) is 0.670. The molecule has 6 nitrogen and oxygen atoms in total. The largest absolute Gasteiger partial charge is 0.381 e. The van der Waals surface area contributed by atoms with E-state index in [0.717, 1.165) is 6.42 Å². The Morgan fingerprint density at radius 2 is 1.42 bits per heavy atom. The molecule has 3 rings (SSSR count). The van der Waals surface area contributed by atoms with E-state index in [1.807, 2.05) is 32.8 Å². The van der Waals surface area contributed by atoms with E-state index >= 15 is 0 Å². The number of piperazine rings is 1. The molecule has 0 bridgehead atoms. The lowest BCUT2D eigenvalue weighted by molar-refractivity contribution is -0.155. The highest BCUT2D eigenvalue weighted by atomic mass is 19.1. The molecule has 0 aromatic heterocycles. The molecule has 2 aliphatic carbocycles. The van der Waals surface area contributed by atoms with Crippen LogP contribution in [0.2, 0.25) is 0 Å². The van der Waals surface area contributed by atoms with Gasteiger partial charge in [-0.1, -0.05) is 0 Å². The molecular formula is C23H39F2N3O3. The zero-order chi connectivity index (χ0) is 22.9. The van der Waals surface area contributed by atoms with Crippen molar-refractivity contribution in [3.05, 3.63) is 0 Å². The first-order valence-corrected chi connectivity index (χ1v) is 11.7. The molecule has 2 amide bonds. The minimum absolute atomic E-state index is 0.125. The molecule has 3 fully saturated rings. The Morgan fingerprint density at radius 1 is 0.871 bits per heavy atom. The van der Waals surface area contributed by atoms with Crippen LogP contribution in [-0.2, 0) is 14.3 Å². The second-order valence-corrected chi connectivity index (χ2v) is 10.0. The van der Waals surface area contributed by atoms with Gasteiger partial charge in [0.1, 0.15) is 12.3 Å². The number of carbonyl (C=O) groups excluding carboxylic acids is 2. The first kappa shape index (κ1) is 24.4. The summed E-state index contributed by atoms with van der Waals surface area (Å²) in [6.07, 6.45) is 0.701. The molecule has 178 valence electrons. The number of hydrogen-bond acceptors (Lipinski definition) is 4. The minimum atomic E-state index is -1.20. The predicted molar refractivity (Wildman–Crippen MR) is 115 cm³/mol. The van der Waals surface area contributed by atoms with E-state index in [1.54, 1.807) is 16.9 Å².